The molecule has 7 nitrogen and oxygen atoms in total. The van der Waals surface area contributed by atoms with E-state index in [1.165, 1.54) is 0 Å². The lowest BCUT2D eigenvalue weighted by atomic mass is 10.5. The van der Waals surface area contributed by atoms with E-state index in [0.29, 0.717) is 4.57 Å². The molecule has 0 saturated carbocycles. The van der Waals surface area contributed by atoms with Crippen LogP contribution in [-0.4, -0.2) is 9.55 Å². The number of hydrogen-bond donors (Lipinski definition) is 2. The minimum Gasteiger partial charge on any atom is -0.383 e. The highest BCUT2D eigenvalue weighted by molar-refractivity contribution is 5.55. The van der Waals surface area contributed by atoms with Gasteiger partial charge in [0, 0.05) is 6.20 Å². The predicted molar refractivity (Wildman–Crippen MR) is 47.6 cm³/mol. The van der Waals surface area contributed by atoms with Gasteiger partial charge in [-0.05, 0) is 5.18 Å². The summed E-state index contributed by atoms with van der Waals surface area (Å²) in [7, 11) is 0. The number of nitrogen functional groups attached to an aromatic ring is 1. The van der Waals surface area contributed by atoms with E-state index in [-0.39, 0.29) is 5.82 Å². The van der Waals surface area contributed by atoms with Crippen LogP contribution in [0.15, 0.2) is 21.3 Å². The molecule has 0 atom stereocenters. The van der Waals surface area contributed by atoms with E-state index in [0.717, 1.165) is 6.20 Å². The first-order chi connectivity index (χ1) is 6.11. The Labute approximate surface area is 71.5 Å². The topological polar surface area (TPSA) is 110 Å². The summed E-state index contributed by atoms with van der Waals surface area (Å²) >= 11 is 0. The molecule has 1 aromatic rings. The smallest absolute Gasteiger partial charge is 0.334 e. The third-order valence-corrected chi connectivity index (χ3v) is 1.41. The molecular weight excluding hydrogens is 176 g/mol. The monoisotopic (exact) mass is 182 g/mol. The van der Waals surface area contributed by atoms with Crippen LogP contribution in [0.1, 0.15) is 0 Å². The number of nitroso groups, excluding NO2 is 1. The molecule has 0 bridgehead atoms. The lowest BCUT2D eigenvalue weighted by Gasteiger charge is -1.98. The Morgan fingerprint density at radius 1 is 1.54 bits per heavy atom. The van der Waals surface area contributed by atoms with Gasteiger partial charge in [-0.15, -0.1) is 4.91 Å². The van der Waals surface area contributed by atoms with E-state index in [1.807, 2.05) is 0 Å². The Morgan fingerprint density at radius 2 is 2.15 bits per heavy atom. The highest BCUT2D eigenvalue weighted by Crippen LogP contribution is 2.09. The standard InChI is InChI=1S/C6H6N4O3/c1-2-10-5(11)3(9-13)4(7)8-6(10)12/h2H,1,7H2,(H,8,12). The molecule has 0 amide bonds. The number of aromatic nitrogens is 2. The molecule has 0 radical (unpaired) electrons. The molecule has 0 aliphatic rings. The van der Waals surface area contributed by atoms with Crippen molar-refractivity contribution in [2.24, 2.45) is 5.18 Å². The molecule has 0 unspecified atom stereocenters. The number of nitrogens with zero attached hydrogens (tertiary/aromatic N) is 2. The van der Waals surface area contributed by atoms with Gasteiger partial charge in [0.25, 0.3) is 5.56 Å². The van der Waals surface area contributed by atoms with Gasteiger partial charge >= 0.3 is 5.69 Å². The lowest BCUT2D eigenvalue weighted by Crippen LogP contribution is -2.32. The molecule has 0 fully saturated rings. The molecule has 68 valence electrons. The van der Waals surface area contributed by atoms with E-state index in [9.17, 15) is 14.5 Å². The molecule has 0 aromatic carbocycles. The number of hydrogen-bond acceptors (Lipinski definition) is 5. The molecule has 1 aromatic heterocycles. The van der Waals surface area contributed by atoms with Crippen molar-refractivity contribution in [2.45, 2.75) is 0 Å². The molecule has 0 spiro atoms. The summed E-state index contributed by atoms with van der Waals surface area (Å²) in [6, 6.07) is 0. The maximum Gasteiger partial charge on any atom is 0.334 e. The predicted octanol–water partition coefficient (Wildman–Crippen LogP) is -0.383. The van der Waals surface area contributed by atoms with Crippen molar-refractivity contribution in [1.82, 2.24) is 9.55 Å². The number of nitrogens with one attached hydrogen (secondary N) is 1. The lowest BCUT2D eigenvalue weighted by molar-refractivity contribution is 0.926. The number of H-pyrrole nitrogens is 1. The third-order valence-electron chi connectivity index (χ3n) is 1.41. The molecule has 1 rings (SSSR count). The van der Waals surface area contributed by atoms with Gasteiger partial charge in [0.2, 0.25) is 5.69 Å². The van der Waals surface area contributed by atoms with Gasteiger partial charge in [-0.1, -0.05) is 6.58 Å². The van der Waals surface area contributed by atoms with Gasteiger partial charge in [0.05, 0.1) is 0 Å². The summed E-state index contributed by atoms with van der Waals surface area (Å²) in [5, 5.41) is 2.39. The minimum absolute atomic E-state index is 0.344. The SMILES string of the molecule is C=Cn1c(=O)[nH]c(N)c(N=O)c1=O. The van der Waals surface area contributed by atoms with Gasteiger partial charge in [-0.25, -0.2) is 9.36 Å². The maximum absolute atomic E-state index is 11.2. The fourth-order valence-electron chi connectivity index (χ4n) is 0.810. The van der Waals surface area contributed by atoms with E-state index in [4.69, 9.17) is 5.73 Å². The normalized spacial score (nSPS) is 9.54. The summed E-state index contributed by atoms with van der Waals surface area (Å²) in [5.74, 6) is -0.344. The zero-order chi connectivity index (χ0) is 10.0. The first-order valence-electron chi connectivity index (χ1n) is 3.22. The van der Waals surface area contributed by atoms with Crippen LogP contribution in [0.25, 0.3) is 6.20 Å². The van der Waals surface area contributed by atoms with Crippen molar-refractivity contribution in [3.05, 3.63) is 32.3 Å². The zero-order valence-electron chi connectivity index (χ0n) is 6.48. The van der Waals surface area contributed by atoms with Gasteiger partial charge in [0.1, 0.15) is 5.82 Å². The van der Waals surface area contributed by atoms with Crippen LogP contribution in [-0.2, 0) is 0 Å². The van der Waals surface area contributed by atoms with Gasteiger partial charge in [-0.3, -0.25) is 9.78 Å². The van der Waals surface area contributed by atoms with Crippen LogP contribution in [0.3, 0.4) is 0 Å². The summed E-state index contributed by atoms with van der Waals surface area (Å²) in [6.45, 7) is 3.22. The molecule has 3 N–H and O–H groups in total. The minimum atomic E-state index is -0.883. The Balaban J connectivity index is 3.78. The molecular formula is C6H6N4O3. The Hall–Kier alpha value is -2.18. The van der Waals surface area contributed by atoms with Crippen LogP contribution in [0.2, 0.25) is 0 Å². The summed E-state index contributed by atoms with van der Waals surface area (Å²) in [4.78, 5) is 34.3. The fraction of sp³-hybridized carbons (Fsp3) is 0. The second kappa shape index (κ2) is 3.05. The second-order valence-corrected chi connectivity index (χ2v) is 2.14. The van der Waals surface area contributed by atoms with Crippen LogP contribution < -0.4 is 17.0 Å². The second-order valence-electron chi connectivity index (χ2n) is 2.14. The summed E-state index contributed by atoms with van der Waals surface area (Å²) in [5.41, 5.74) is 2.99. The van der Waals surface area contributed by atoms with Gasteiger partial charge < -0.3 is 5.73 Å². The van der Waals surface area contributed by atoms with E-state index in [1.54, 1.807) is 0 Å². The van der Waals surface area contributed by atoms with Crippen molar-refractivity contribution >= 4 is 17.7 Å². The Bertz CT molecular complexity index is 470. The van der Waals surface area contributed by atoms with Crippen molar-refractivity contribution in [3.63, 3.8) is 0 Å². The Morgan fingerprint density at radius 3 is 2.62 bits per heavy atom. The molecule has 0 aliphatic carbocycles. The van der Waals surface area contributed by atoms with E-state index in [2.05, 4.69) is 16.7 Å². The molecule has 0 saturated heterocycles. The number of nitrogens with two attached hydrogens (primary N) is 1. The Kier molecular flexibility index (Phi) is 2.09. The molecule has 13 heavy (non-hydrogen) atoms. The first-order valence-corrected chi connectivity index (χ1v) is 3.22. The van der Waals surface area contributed by atoms with Crippen molar-refractivity contribution in [2.75, 3.05) is 5.73 Å². The maximum atomic E-state index is 11.2. The highest BCUT2D eigenvalue weighted by Gasteiger charge is 2.09. The van der Waals surface area contributed by atoms with Crippen molar-refractivity contribution < 1.29 is 0 Å². The van der Waals surface area contributed by atoms with Crippen LogP contribution in [0.5, 0.6) is 0 Å². The number of aromatic amines is 1. The van der Waals surface area contributed by atoms with Gasteiger partial charge in [0.15, 0.2) is 0 Å². The average molecular weight is 182 g/mol. The summed E-state index contributed by atoms with van der Waals surface area (Å²) in [6.07, 6.45) is 0.968. The number of rotatable bonds is 2. The molecule has 1 heterocycles. The third kappa shape index (κ3) is 1.26. The van der Waals surface area contributed by atoms with Crippen molar-refractivity contribution in [1.29, 1.82) is 0 Å². The zero-order valence-corrected chi connectivity index (χ0v) is 6.48. The van der Waals surface area contributed by atoms with Gasteiger partial charge in [-0.2, -0.15) is 0 Å². The first kappa shape index (κ1) is 8.91. The number of anilines is 1. The van der Waals surface area contributed by atoms with Crippen LogP contribution in [0.4, 0.5) is 11.5 Å². The van der Waals surface area contributed by atoms with E-state index >= 15 is 0 Å². The largest absolute Gasteiger partial charge is 0.383 e. The summed E-state index contributed by atoms with van der Waals surface area (Å²) < 4.78 is 0.604. The van der Waals surface area contributed by atoms with E-state index < -0.39 is 16.9 Å². The fourth-order valence-corrected chi connectivity index (χ4v) is 0.810. The van der Waals surface area contributed by atoms with Crippen LogP contribution >= 0.6 is 0 Å². The quantitative estimate of drug-likeness (QED) is 0.607. The molecule has 7 heteroatoms. The van der Waals surface area contributed by atoms with Crippen LogP contribution in [0, 0.1) is 4.91 Å². The highest BCUT2D eigenvalue weighted by atomic mass is 16.3. The average Bonchev–Trinajstić information content (AvgIpc) is 2.04. The molecule has 0 aliphatic heterocycles. The van der Waals surface area contributed by atoms with Crippen molar-refractivity contribution in [3.8, 4) is 0 Å².